The molecule has 1 unspecified atom stereocenters. The number of H-pyrrole nitrogens is 1. The third-order valence-electron chi connectivity index (χ3n) is 2.19. The zero-order valence-corrected chi connectivity index (χ0v) is 7.94. The second-order valence-corrected chi connectivity index (χ2v) is 3.28. The number of nitrogens with two attached hydrogens (primary N) is 1. The van der Waals surface area contributed by atoms with Crippen LogP contribution < -0.4 is 5.73 Å². The molecular formula is C10H12N4. The molecule has 0 amide bonds. The van der Waals surface area contributed by atoms with Gasteiger partial charge in [0.1, 0.15) is 5.69 Å². The third-order valence-corrected chi connectivity index (χ3v) is 2.19. The normalized spacial score (nSPS) is 12.7. The van der Waals surface area contributed by atoms with Crippen LogP contribution in [0.5, 0.6) is 0 Å². The molecule has 14 heavy (non-hydrogen) atoms. The number of aromatic nitrogens is 3. The van der Waals surface area contributed by atoms with Gasteiger partial charge in [0.2, 0.25) is 0 Å². The Morgan fingerprint density at radius 3 is 2.57 bits per heavy atom. The summed E-state index contributed by atoms with van der Waals surface area (Å²) >= 11 is 0. The van der Waals surface area contributed by atoms with Gasteiger partial charge in [0, 0.05) is 0 Å². The maximum absolute atomic E-state index is 5.99. The van der Waals surface area contributed by atoms with E-state index in [9.17, 15) is 0 Å². The van der Waals surface area contributed by atoms with E-state index < -0.39 is 0 Å². The molecule has 1 heterocycles. The third kappa shape index (κ3) is 1.65. The van der Waals surface area contributed by atoms with Gasteiger partial charge in [-0.15, -0.1) is 0 Å². The molecule has 4 heteroatoms. The standard InChI is InChI=1S/C10H12N4/c1-7-2-4-8(5-3-7)10(11)9-6-12-14-13-9/h2-6,10H,11H2,1H3,(H,12,13,14). The van der Waals surface area contributed by atoms with Crippen molar-refractivity contribution in [2.45, 2.75) is 13.0 Å². The van der Waals surface area contributed by atoms with Crippen LogP contribution in [0, 0.1) is 6.92 Å². The van der Waals surface area contributed by atoms with Gasteiger partial charge in [0.25, 0.3) is 0 Å². The number of aromatic amines is 1. The zero-order valence-electron chi connectivity index (χ0n) is 7.94. The van der Waals surface area contributed by atoms with E-state index in [-0.39, 0.29) is 6.04 Å². The maximum atomic E-state index is 5.99. The van der Waals surface area contributed by atoms with E-state index in [0.29, 0.717) is 0 Å². The Morgan fingerprint density at radius 1 is 1.29 bits per heavy atom. The number of nitrogens with zero attached hydrogens (tertiary/aromatic N) is 2. The van der Waals surface area contributed by atoms with Gasteiger partial charge < -0.3 is 5.73 Å². The predicted octanol–water partition coefficient (Wildman–Crippen LogP) is 1.16. The fourth-order valence-corrected chi connectivity index (χ4v) is 1.30. The second-order valence-electron chi connectivity index (χ2n) is 3.28. The van der Waals surface area contributed by atoms with E-state index in [1.165, 1.54) is 5.56 Å². The molecule has 0 saturated carbocycles. The predicted molar refractivity (Wildman–Crippen MR) is 53.6 cm³/mol. The van der Waals surface area contributed by atoms with Crippen LogP contribution in [-0.4, -0.2) is 15.4 Å². The fraction of sp³-hybridized carbons (Fsp3) is 0.200. The first kappa shape index (κ1) is 8.90. The van der Waals surface area contributed by atoms with E-state index in [2.05, 4.69) is 15.4 Å². The highest BCUT2D eigenvalue weighted by Gasteiger charge is 2.10. The van der Waals surface area contributed by atoms with Gasteiger partial charge in [0.05, 0.1) is 12.2 Å². The topological polar surface area (TPSA) is 67.6 Å². The largest absolute Gasteiger partial charge is 0.319 e. The van der Waals surface area contributed by atoms with E-state index in [4.69, 9.17) is 5.73 Å². The molecule has 4 nitrogen and oxygen atoms in total. The minimum atomic E-state index is -0.200. The van der Waals surface area contributed by atoms with Crippen molar-refractivity contribution in [3.63, 3.8) is 0 Å². The quantitative estimate of drug-likeness (QED) is 0.743. The summed E-state index contributed by atoms with van der Waals surface area (Å²) in [5.74, 6) is 0. The molecule has 0 radical (unpaired) electrons. The van der Waals surface area contributed by atoms with Gasteiger partial charge in [0.15, 0.2) is 0 Å². The van der Waals surface area contributed by atoms with Crippen molar-refractivity contribution in [3.05, 3.63) is 47.3 Å². The van der Waals surface area contributed by atoms with E-state index in [0.717, 1.165) is 11.3 Å². The molecule has 3 N–H and O–H groups in total. The first-order valence-electron chi connectivity index (χ1n) is 4.45. The molecule has 2 aromatic rings. The van der Waals surface area contributed by atoms with Crippen molar-refractivity contribution < 1.29 is 0 Å². The number of hydrogen-bond donors (Lipinski definition) is 2. The van der Waals surface area contributed by atoms with Gasteiger partial charge in [-0.25, -0.2) is 0 Å². The summed E-state index contributed by atoms with van der Waals surface area (Å²) in [4.78, 5) is 0. The molecule has 72 valence electrons. The van der Waals surface area contributed by atoms with Crippen molar-refractivity contribution >= 4 is 0 Å². The fourth-order valence-electron chi connectivity index (χ4n) is 1.30. The van der Waals surface area contributed by atoms with Gasteiger partial charge >= 0.3 is 0 Å². The highest BCUT2D eigenvalue weighted by atomic mass is 15.3. The van der Waals surface area contributed by atoms with Crippen LogP contribution in [0.2, 0.25) is 0 Å². The lowest BCUT2D eigenvalue weighted by Crippen LogP contribution is -2.12. The number of hydrogen-bond acceptors (Lipinski definition) is 3. The first-order chi connectivity index (χ1) is 6.77. The Hall–Kier alpha value is -1.68. The average molecular weight is 188 g/mol. The summed E-state index contributed by atoms with van der Waals surface area (Å²) in [6, 6.07) is 7.89. The van der Waals surface area contributed by atoms with Crippen LogP contribution in [0.4, 0.5) is 0 Å². The molecule has 1 aromatic heterocycles. The number of aryl methyl sites for hydroxylation is 1. The summed E-state index contributed by atoms with van der Waals surface area (Å²) in [5, 5.41) is 10.2. The van der Waals surface area contributed by atoms with Gasteiger partial charge in [-0.2, -0.15) is 15.4 Å². The second kappa shape index (κ2) is 3.59. The molecular weight excluding hydrogens is 176 g/mol. The molecule has 0 aliphatic carbocycles. The molecule has 1 atom stereocenters. The summed E-state index contributed by atoms with van der Waals surface area (Å²) in [7, 11) is 0. The van der Waals surface area contributed by atoms with Crippen molar-refractivity contribution in [2.75, 3.05) is 0 Å². The molecule has 2 rings (SSSR count). The van der Waals surface area contributed by atoms with E-state index in [1.807, 2.05) is 31.2 Å². The SMILES string of the molecule is Cc1ccc(C(N)c2cn[nH]n2)cc1. The minimum Gasteiger partial charge on any atom is -0.319 e. The van der Waals surface area contributed by atoms with Gasteiger partial charge in [-0.3, -0.25) is 0 Å². The molecule has 0 aliphatic heterocycles. The number of rotatable bonds is 2. The lowest BCUT2D eigenvalue weighted by atomic mass is 10.0. The highest BCUT2D eigenvalue weighted by molar-refractivity contribution is 5.28. The summed E-state index contributed by atoms with van der Waals surface area (Å²) in [6.07, 6.45) is 1.64. The minimum absolute atomic E-state index is 0.200. The lowest BCUT2D eigenvalue weighted by Gasteiger charge is -2.08. The lowest BCUT2D eigenvalue weighted by molar-refractivity contribution is 0.809. The smallest absolute Gasteiger partial charge is 0.104 e. The maximum Gasteiger partial charge on any atom is 0.104 e. The summed E-state index contributed by atoms with van der Waals surface area (Å²) in [5.41, 5.74) is 9.02. The van der Waals surface area contributed by atoms with Crippen molar-refractivity contribution in [1.82, 2.24) is 15.4 Å². The molecule has 1 aromatic carbocycles. The molecule has 0 aliphatic rings. The Labute approximate surface area is 82.1 Å². The molecule has 0 fully saturated rings. The Kier molecular flexibility index (Phi) is 2.28. The molecule has 0 spiro atoms. The van der Waals surface area contributed by atoms with Crippen LogP contribution in [0.3, 0.4) is 0 Å². The first-order valence-corrected chi connectivity index (χ1v) is 4.45. The van der Waals surface area contributed by atoms with Crippen LogP contribution >= 0.6 is 0 Å². The van der Waals surface area contributed by atoms with E-state index in [1.54, 1.807) is 6.20 Å². The van der Waals surface area contributed by atoms with Crippen LogP contribution in [0.1, 0.15) is 22.9 Å². The Bertz CT molecular complexity index is 391. The monoisotopic (exact) mass is 188 g/mol. The number of benzene rings is 1. The number of nitrogens with one attached hydrogen (secondary N) is 1. The van der Waals surface area contributed by atoms with Gasteiger partial charge in [-0.05, 0) is 12.5 Å². The Balaban J connectivity index is 2.28. The Morgan fingerprint density at radius 2 is 2.00 bits per heavy atom. The molecule has 0 saturated heterocycles. The van der Waals surface area contributed by atoms with Crippen LogP contribution in [0.15, 0.2) is 30.5 Å². The summed E-state index contributed by atoms with van der Waals surface area (Å²) in [6.45, 7) is 2.05. The average Bonchev–Trinajstić information content (AvgIpc) is 2.71. The van der Waals surface area contributed by atoms with Crippen LogP contribution in [-0.2, 0) is 0 Å². The summed E-state index contributed by atoms with van der Waals surface area (Å²) < 4.78 is 0. The van der Waals surface area contributed by atoms with Gasteiger partial charge in [-0.1, -0.05) is 29.8 Å². The van der Waals surface area contributed by atoms with Crippen molar-refractivity contribution in [3.8, 4) is 0 Å². The molecule has 0 bridgehead atoms. The van der Waals surface area contributed by atoms with E-state index >= 15 is 0 Å². The zero-order chi connectivity index (χ0) is 9.97. The van der Waals surface area contributed by atoms with Crippen LogP contribution in [0.25, 0.3) is 0 Å². The van der Waals surface area contributed by atoms with Crippen molar-refractivity contribution in [2.24, 2.45) is 5.73 Å². The highest BCUT2D eigenvalue weighted by Crippen LogP contribution is 2.16. The van der Waals surface area contributed by atoms with Crippen molar-refractivity contribution in [1.29, 1.82) is 0 Å².